The van der Waals surface area contributed by atoms with E-state index >= 15 is 0 Å². The highest BCUT2D eigenvalue weighted by molar-refractivity contribution is 5.68. The molecule has 2 unspecified atom stereocenters. The van der Waals surface area contributed by atoms with Crippen molar-refractivity contribution in [3.63, 3.8) is 0 Å². The first-order chi connectivity index (χ1) is 14.2. The van der Waals surface area contributed by atoms with Crippen molar-refractivity contribution in [2.24, 2.45) is 0 Å². The van der Waals surface area contributed by atoms with Gasteiger partial charge in [0.05, 0.1) is 12.3 Å². The number of carboxylic acid groups (broad SMARTS) is 1. The molecule has 0 amide bonds. The van der Waals surface area contributed by atoms with Crippen molar-refractivity contribution in [3.05, 3.63) is 59.4 Å². The first-order valence-corrected chi connectivity index (χ1v) is 9.55. The smallest absolute Gasteiger partial charge is 0.433 e. The molecule has 1 aliphatic rings. The van der Waals surface area contributed by atoms with Crippen LogP contribution in [0.5, 0.6) is 5.75 Å². The number of halogens is 3. The summed E-state index contributed by atoms with van der Waals surface area (Å²) in [4.78, 5) is 16.5. The molecule has 0 aliphatic carbocycles. The highest BCUT2D eigenvalue weighted by Crippen LogP contribution is 2.30. The van der Waals surface area contributed by atoms with E-state index < -0.39 is 30.6 Å². The van der Waals surface area contributed by atoms with Crippen LogP contribution in [0.15, 0.2) is 42.5 Å². The number of rotatable bonds is 7. The second-order valence-corrected chi connectivity index (χ2v) is 7.18. The molecular weight excluding hydrogens is 401 g/mol. The summed E-state index contributed by atoms with van der Waals surface area (Å²) in [6, 6.07) is 11.2. The van der Waals surface area contributed by atoms with Crippen molar-refractivity contribution in [2.45, 2.75) is 31.7 Å². The molecule has 1 aromatic carbocycles. The first kappa shape index (κ1) is 22.0. The molecule has 0 bridgehead atoms. The Morgan fingerprint density at radius 3 is 2.70 bits per heavy atom. The molecule has 1 aromatic heterocycles. The third-order valence-electron chi connectivity index (χ3n) is 4.93. The summed E-state index contributed by atoms with van der Waals surface area (Å²) >= 11 is 0. The van der Waals surface area contributed by atoms with Gasteiger partial charge >= 0.3 is 12.1 Å². The van der Waals surface area contributed by atoms with Gasteiger partial charge in [0.2, 0.25) is 0 Å². The van der Waals surface area contributed by atoms with E-state index in [4.69, 9.17) is 14.6 Å². The summed E-state index contributed by atoms with van der Waals surface area (Å²) < 4.78 is 49.7. The molecule has 0 saturated carbocycles. The molecule has 1 fully saturated rings. The first-order valence-electron chi connectivity index (χ1n) is 9.55. The van der Waals surface area contributed by atoms with Gasteiger partial charge in [-0.25, -0.2) is 9.78 Å². The zero-order chi connectivity index (χ0) is 21.7. The van der Waals surface area contributed by atoms with Crippen molar-refractivity contribution in [1.82, 2.24) is 9.88 Å². The topological polar surface area (TPSA) is 71.9 Å². The second-order valence-electron chi connectivity index (χ2n) is 7.18. The van der Waals surface area contributed by atoms with Gasteiger partial charge in [-0.2, -0.15) is 13.2 Å². The van der Waals surface area contributed by atoms with Crippen LogP contribution in [0.25, 0.3) is 0 Å². The summed E-state index contributed by atoms with van der Waals surface area (Å²) in [6.07, 6.45) is -4.28. The van der Waals surface area contributed by atoms with E-state index in [9.17, 15) is 18.0 Å². The maximum atomic E-state index is 12.9. The normalized spacial score (nSPS) is 18.7. The van der Waals surface area contributed by atoms with Crippen LogP contribution in [0.4, 0.5) is 13.2 Å². The SMILES string of the molecule is CC(Cc1ccc(OCC(=O)O)cc1)N1CCOC(c2cccc(C(F)(F)F)n2)C1. The number of nitrogens with zero attached hydrogens (tertiary/aromatic N) is 2. The third kappa shape index (κ3) is 5.93. The summed E-state index contributed by atoms with van der Waals surface area (Å²) in [7, 11) is 0. The molecule has 162 valence electrons. The lowest BCUT2D eigenvalue weighted by atomic mass is 10.0. The molecule has 9 heteroatoms. The van der Waals surface area contributed by atoms with Crippen LogP contribution >= 0.6 is 0 Å². The molecule has 2 aromatic rings. The van der Waals surface area contributed by atoms with Crippen molar-refractivity contribution >= 4 is 5.97 Å². The van der Waals surface area contributed by atoms with Crippen LogP contribution in [-0.2, 0) is 22.1 Å². The molecule has 1 N–H and O–H groups in total. The van der Waals surface area contributed by atoms with Crippen molar-refractivity contribution in [3.8, 4) is 5.75 Å². The van der Waals surface area contributed by atoms with Gasteiger partial charge in [-0.3, -0.25) is 4.90 Å². The fourth-order valence-electron chi connectivity index (χ4n) is 3.37. The van der Waals surface area contributed by atoms with E-state index in [0.29, 0.717) is 25.4 Å². The van der Waals surface area contributed by atoms with Crippen LogP contribution in [0, 0.1) is 0 Å². The molecule has 1 saturated heterocycles. The zero-order valence-electron chi connectivity index (χ0n) is 16.4. The van der Waals surface area contributed by atoms with Gasteiger partial charge in [0.15, 0.2) is 6.61 Å². The number of carbonyl (C=O) groups is 1. The maximum absolute atomic E-state index is 12.9. The van der Waals surface area contributed by atoms with Crippen molar-refractivity contribution < 1.29 is 32.5 Å². The minimum absolute atomic E-state index is 0.132. The second kappa shape index (κ2) is 9.44. The van der Waals surface area contributed by atoms with Gasteiger partial charge in [-0.15, -0.1) is 0 Å². The average Bonchev–Trinajstić information content (AvgIpc) is 2.73. The summed E-state index contributed by atoms with van der Waals surface area (Å²) in [5, 5.41) is 8.65. The van der Waals surface area contributed by atoms with E-state index in [2.05, 4.69) is 16.8 Å². The average molecular weight is 424 g/mol. The molecule has 0 spiro atoms. The Hall–Kier alpha value is -2.65. The molecule has 30 heavy (non-hydrogen) atoms. The van der Waals surface area contributed by atoms with Crippen LogP contribution in [0.1, 0.15) is 30.0 Å². The monoisotopic (exact) mass is 424 g/mol. The number of alkyl halides is 3. The largest absolute Gasteiger partial charge is 0.482 e. The lowest BCUT2D eigenvalue weighted by molar-refractivity contribution is -0.141. The molecule has 6 nitrogen and oxygen atoms in total. The fraction of sp³-hybridized carbons (Fsp3) is 0.429. The summed E-state index contributed by atoms with van der Waals surface area (Å²) in [5.74, 6) is -0.555. The van der Waals surface area contributed by atoms with Gasteiger partial charge in [-0.05, 0) is 43.2 Å². The highest BCUT2D eigenvalue weighted by Gasteiger charge is 2.34. The van der Waals surface area contributed by atoms with Crippen LogP contribution in [0.2, 0.25) is 0 Å². The Kier molecular flexibility index (Phi) is 6.94. The van der Waals surface area contributed by atoms with Crippen LogP contribution in [-0.4, -0.2) is 53.3 Å². The van der Waals surface area contributed by atoms with Gasteiger partial charge in [0.25, 0.3) is 0 Å². The van der Waals surface area contributed by atoms with E-state index in [0.717, 1.165) is 18.1 Å². The number of benzene rings is 1. The molecular formula is C21H23F3N2O4. The van der Waals surface area contributed by atoms with Crippen molar-refractivity contribution in [1.29, 1.82) is 0 Å². The minimum Gasteiger partial charge on any atom is -0.482 e. The van der Waals surface area contributed by atoms with Crippen LogP contribution < -0.4 is 4.74 Å². The predicted octanol–water partition coefficient (Wildman–Crippen LogP) is 3.57. The van der Waals surface area contributed by atoms with Gasteiger partial charge in [-0.1, -0.05) is 18.2 Å². The van der Waals surface area contributed by atoms with E-state index in [-0.39, 0.29) is 11.7 Å². The number of morpholine rings is 1. The molecule has 2 atom stereocenters. The summed E-state index contributed by atoms with van der Waals surface area (Å²) in [6.45, 7) is 3.20. The maximum Gasteiger partial charge on any atom is 0.433 e. The Balaban J connectivity index is 1.60. The van der Waals surface area contributed by atoms with E-state index in [1.54, 1.807) is 18.2 Å². The molecule has 0 radical (unpaired) electrons. The standard InChI is InChI=1S/C21H23F3N2O4/c1-14(11-15-5-7-16(8-6-15)30-13-20(27)28)26-9-10-29-18(12-26)17-3-2-4-19(25-17)21(22,23)24/h2-8,14,18H,9-13H2,1H3,(H,27,28). The van der Waals surface area contributed by atoms with E-state index in [1.165, 1.54) is 6.07 Å². The third-order valence-corrected chi connectivity index (χ3v) is 4.93. The molecule has 1 aliphatic heterocycles. The Bertz CT molecular complexity index is 858. The number of hydrogen-bond donors (Lipinski definition) is 1. The Morgan fingerprint density at radius 2 is 2.03 bits per heavy atom. The number of aromatic nitrogens is 1. The van der Waals surface area contributed by atoms with E-state index in [1.807, 2.05) is 12.1 Å². The van der Waals surface area contributed by atoms with Gasteiger partial charge in [0.1, 0.15) is 17.5 Å². The molecule has 3 rings (SSSR count). The number of aliphatic carboxylic acids is 1. The highest BCUT2D eigenvalue weighted by atomic mass is 19.4. The zero-order valence-corrected chi connectivity index (χ0v) is 16.4. The quantitative estimate of drug-likeness (QED) is 0.733. The number of pyridine rings is 1. The molecule has 2 heterocycles. The lowest BCUT2D eigenvalue weighted by Gasteiger charge is -2.36. The Morgan fingerprint density at radius 1 is 1.30 bits per heavy atom. The van der Waals surface area contributed by atoms with Gasteiger partial charge < -0.3 is 14.6 Å². The summed E-state index contributed by atoms with van der Waals surface area (Å²) in [5.41, 5.74) is 0.408. The fourth-order valence-corrected chi connectivity index (χ4v) is 3.37. The number of hydrogen-bond acceptors (Lipinski definition) is 5. The Labute approximate surface area is 172 Å². The minimum atomic E-state index is -4.49. The predicted molar refractivity (Wildman–Crippen MR) is 102 cm³/mol. The van der Waals surface area contributed by atoms with Crippen LogP contribution in [0.3, 0.4) is 0 Å². The lowest BCUT2D eigenvalue weighted by Crippen LogP contribution is -2.44. The number of carboxylic acids is 1. The van der Waals surface area contributed by atoms with Crippen molar-refractivity contribution in [2.75, 3.05) is 26.3 Å². The number of ether oxygens (including phenoxy) is 2. The van der Waals surface area contributed by atoms with Gasteiger partial charge in [0, 0.05) is 19.1 Å².